The van der Waals surface area contributed by atoms with Gasteiger partial charge < -0.3 is 5.11 Å². The number of rotatable bonds is 7. The maximum atomic E-state index is 12.6. The standard InChI is InChI=1S/C23H27NO3S/c1-16(25)15-18-3-5-20(6-4-18)21-9-13-23(14-10-21)28(27)24-22-11-7-19(8-12-22)17(2)26/h3-6,9-10,13-14,19,22,24-25H,1,7-8,11-12,15H2,2H3. The van der Waals surface area contributed by atoms with Gasteiger partial charge in [0.2, 0.25) is 0 Å². The Balaban J connectivity index is 1.58. The lowest BCUT2D eigenvalue weighted by Crippen LogP contribution is -2.35. The van der Waals surface area contributed by atoms with Crippen LogP contribution in [0.25, 0.3) is 11.1 Å². The topological polar surface area (TPSA) is 66.4 Å². The van der Waals surface area contributed by atoms with Crippen molar-refractivity contribution in [3.63, 3.8) is 0 Å². The zero-order valence-electron chi connectivity index (χ0n) is 16.2. The van der Waals surface area contributed by atoms with Crippen LogP contribution in [-0.4, -0.2) is 21.1 Å². The molecule has 0 aromatic heterocycles. The maximum absolute atomic E-state index is 12.6. The molecule has 2 N–H and O–H groups in total. The predicted octanol–water partition coefficient (Wildman–Crippen LogP) is 4.73. The van der Waals surface area contributed by atoms with E-state index in [1.165, 1.54) is 0 Å². The average Bonchev–Trinajstić information content (AvgIpc) is 2.68. The molecule has 5 heteroatoms. The Morgan fingerprint density at radius 2 is 1.57 bits per heavy atom. The number of aliphatic hydroxyl groups is 1. The van der Waals surface area contributed by atoms with Gasteiger partial charge in [0.15, 0.2) is 0 Å². The van der Waals surface area contributed by atoms with Crippen molar-refractivity contribution in [3.8, 4) is 11.1 Å². The summed E-state index contributed by atoms with van der Waals surface area (Å²) in [7, 11) is -1.25. The highest BCUT2D eigenvalue weighted by Gasteiger charge is 2.25. The first-order valence-electron chi connectivity index (χ1n) is 9.67. The van der Waals surface area contributed by atoms with E-state index in [1.807, 2.05) is 48.5 Å². The molecule has 1 unspecified atom stereocenters. The van der Waals surface area contributed by atoms with Gasteiger partial charge in [-0.3, -0.25) is 4.79 Å². The normalized spacial score (nSPS) is 20.5. The Kier molecular flexibility index (Phi) is 6.81. The molecular weight excluding hydrogens is 370 g/mol. The number of allylic oxidation sites excluding steroid dienone is 1. The molecule has 0 radical (unpaired) electrons. The average molecular weight is 398 g/mol. The molecule has 0 saturated heterocycles. The Hall–Kier alpha value is -2.24. The van der Waals surface area contributed by atoms with Crippen LogP contribution in [0.5, 0.6) is 0 Å². The Bertz CT molecular complexity index is 850. The number of Topliss-reactive ketones (excluding diaryl/α,β-unsaturated/α-hetero) is 1. The number of nitrogens with one attached hydrogen (secondary N) is 1. The third-order valence-corrected chi connectivity index (χ3v) is 6.59. The van der Waals surface area contributed by atoms with Crippen LogP contribution in [0.2, 0.25) is 0 Å². The first-order chi connectivity index (χ1) is 13.4. The summed E-state index contributed by atoms with van der Waals surface area (Å²) in [6.45, 7) is 5.18. The van der Waals surface area contributed by atoms with E-state index in [1.54, 1.807) is 6.92 Å². The highest BCUT2D eigenvalue weighted by molar-refractivity contribution is 7.83. The molecule has 148 valence electrons. The predicted molar refractivity (Wildman–Crippen MR) is 113 cm³/mol. The number of aliphatic hydroxyl groups excluding tert-OH is 1. The summed E-state index contributed by atoms with van der Waals surface area (Å²) in [4.78, 5) is 12.2. The fourth-order valence-electron chi connectivity index (χ4n) is 3.66. The summed E-state index contributed by atoms with van der Waals surface area (Å²) in [6, 6.07) is 15.9. The Labute approximate surface area is 169 Å². The van der Waals surface area contributed by atoms with Crippen LogP contribution in [0.4, 0.5) is 0 Å². The van der Waals surface area contributed by atoms with Crippen molar-refractivity contribution in [1.82, 2.24) is 4.72 Å². The van der Waals surface area contributed by atoms with E-state index < -0.39 is 11.0 Å². The van der Waals surface area contributed by atoms with Gasteiger partial charge in [-0.25, -0.2) is 8.93 Å². The molecule has 1 fully saturated rings. The largest absolute Gasteiger partial charge is 0.513 e. The van der Waals surface area contributed by atoms with Crippen molar-refractivity contribution in [3.05, 3.63) is 66.4 Å². The number of hydrogen-bond acceptors (Lipinski definition) is 3. The SMILES string of the molecule is C=C(O)Cc1ccc(-c2ccc(S(=O)NC3CCC(C(C)=O)CC3)cc2)cc1. The second-order valence-corrected chi connectivity index (χ2v) is 8.75. The van der Waals surface area contributed by atoms with Crippen molar-refractivity contribution in [1.29, 1.82) is 0 Å². The van der Waals surface area contributed by atoms with Gasteiger partial charge in [0.1, 0.15) is 16.8 Å². The van der Waals surface area contributed by atoms with Gasteiger partial charge in [-0.2, -0.15) is 0 Å². The van der Waals surface area contributed by atoms with Gasteiger partial charge in [0, 0.05) is 18.4 Å². The van der Waals surface area contributed by atoms with Crippen LogP contribution in [0, 0.1) is 5.92 Å². The van der Waals surface area contributed by atoms with Gasteiger partial charge in [0.25, 0.3) is 0 Å². The molecule has 0 spiro atoms. The Morgan fingerprint density at radius 3 is 2.07 bits per heavy atom. The van der Waals surface area contributed by atoms with Gasteiger partial charge in [-0.05, 0) is 61.4 Å². The molecule has 2 aromatic carbocycles. The molecule has 0 aliphatic heterocycles. The van der Waals surface area contributed by atoms with Gasteiger partial charge in [0.05, 0.1) is 10.7 Å². The van der Waals surface area contributed by atoms with Crippen molar-refractivity contribution >= 4 is 16.8 Å². The van der Waals surface area contributed by atoms with E-state index in [-0.39, 0.29) is 23.5 Å². The fraction of sp³-hybridized carbons (Fsp3) is 0.348. The van der Waals surface area contributed by atoms with Crippen molar-refractivity contribution in [2.24, 2.45) is 5.92 Å². The highest BCUT2D eigenvalue weighted by atomic mass is 32.2. The minimum Gasteiger partial charge on any atom is -0.513 e. The van der Waals surface area contributed by atoms with E-state index in [9.17, 15) is 14.1 Å². The van der Waals surface area contributed by atoms with Crippen LogP contribution in [0.15, 0.2) is 65.8 Å². The van der Waals surface area contributed by atoms with E-state index in [4.69, 9.17) is 0 Å². The molecule has 2 aromatic rings. The first kappa shape index (κ1) is 20.5. The number of carbonyl (C=O) groups excluding carboxylic acids is 1. The highest BCUT2D eigenvalue weighted by Crippen LogP contribution is 2.26. The van der Waals surface area contributed by atoms with Crippen LogP contribution in [0.1, 0.15) is 38.2 Å². The zero-order chi connectivity index (χ0) is 20.1. The molecule has 1 saturated carbocycles. The zero-order valence-corrected chi connectivity index (χ0v) is 17.0. The molecular formula is C23H27NO3S. The quantitative estimate of drug-likeness (QED) is 0.664. The molecule has 4 nitrogen and oxygen atoms in total. The monoisotopic (exact) mass is 397 g/mol. The fourth-order valence-corrected chi connectivity index (χ4v) is 4.72. The number of benzene rings is 2. The second-order valence-electron chi connectivity index (χ2n) is 7.51. The summed E-state index contributed by atoms with van der Waals surface area (Å²) in [5, 5.41) is 9.29. The lowest BCUT2D eigenvalue weighted by molar-refractivity contribution is -0.121. The van der Waals surface area contributed by atoms with Crippen LogP contribution in [-0.2, 0) is 22.2 Å². The van der Waals surface area contributed by atoms with Crippen molar-refractivity contribution < 1.29 is 14.1 Å². The molecule has 28 heavy (non-hydrogen) atoms. The van der Waals surface area contributed by atoms with Gasteiger partial charge in [-0.1, -0.05) is 43.0 Å². The molecule has 1 aliphatic rings. The lowest BCUT2D eigenvalue weighted by Gasteiger charge is -2.27. The molecule has 0 bridgehead atoms. The lowest BCUT2D eigenvalue weighted by atomic mass is 9.84. The third-order valence-electron chi connectivity index (χ3n) is 5.34. The summed E-state index contributed by atoms with van der Waals surface area (Å²) in [6.07, 6.45) is 3.99. The maximum Gasteiger partial charge on any atom is 0.132 e. The second kappa shape index (κ2) is 9.30. The van der Waals surface area contributed by atoms with Gasteiger partial charge >= 0.3 is 0 Å². The van der Waals surface area contributed by atoms with Crippen molar-refractivity contribution in [2.75, 3.05) is 0 Å². The van der Waals surface area contributed by atoms with E-state index in [0.717, 1.165) is 47.3 Å². The summed E-state index contributed by atoms with van der Waals surface area (Å²) < 4.78 is 15.8. The van der Waals surface area contributed by atoms with E-state index in [0.29, 0.717) is 6.42 Å². The number of ketones is 1. The molecule has 0 amide bonds. The third kappa shape index (κ3) is 5.40. The van der Waals surface area contributed by atoms with Crippen LogP contribution >= 0.6 is 0 Å². The summed E-state index contributed by atoms with van der Waals surface area (Å²) in [5.74, 6) is 0.596. The molecule has 1 aliphatic carbocycles. The first-order valence-corrected chi connectivity index (χ1v) is 10.8. The number of hydrogen-bond donors (Lipinski definition) is 2. The molecule has 1 atom stereocenters. The minimum atomic E-state index is -1.25. The number of carbonyl (C=O) groups is 1. The Morgan fingerprint density at radius 1 is 1.04 bits per heavy atom. The van der Waals surface area contributed by atoms with Gasteiger partial charge in [-0.15, -0.1) is 0 Å². The van der Waals surface area contributed by atoms with Crippen molar-refractivity contribution in [2.45, 2.75) is 50.0 Å². The summed E-state index contributed by atoms with van der Waals surface area (Å²) >= 11 is 0. The van der Waals surface area contributed by atoms with E-state index in [2.05, 4.69) is 11.3 Å². The van der Waals surface area contributed by atoms with Crippen LogP contribution in [0.3, 0.4) is 0 Å². The molecule has 3 rings (SSSR count). The van der Waals surface area contributed by atoms with Crippen LogP contribution < -0.4 is 4.72 Å². The minimum absolute atomic E-state index is 0.155. The molecule has 0 heterocycles. The van der Waals surface area contributed by atoms with E-state index >= 15 is 0 Å². The smallest absolute Gasteiger partial charge is 0.132 e. The summed E-state index contributed by atoms with van der Waals surface area (Å²) in [5.41, 5.74) is 3.13.